The first-order chi connectivity index (χ1) is 7.79. The van der Waals surface area contributed by atoms with Crippen molar-refractivity contribution in [2.24, 2.45) is 0 Å². The van der Waals surface area contributed by atoms with Crippen LogP contribution >= 0.6 is 11.3 Å². The lowest BCUT2D eigenvalue weighted by Gasteiger charge is -2.00. The monoisotopic (exact) mass is 234 g/mol. The molecule has 0 unspecified atom stereocenters. The summed E-state index contributed by atoms with van der Waals surface area (Å²) < 4.78 is 0. The molecule has 0 saturated heterocycles. The molecule has 0 radical (unpaired) electrons. The Labute approximate surface area is 98.5 Å². The van der Waals surface area contributed by atoms with Crippen molar-refractivity contribution in [1.29, 1.82) is 0 Å². The fraction of sp³-hybridized carbons (Fsp3) is 0.250. The Kier molecular flexibility index (Phi) is 3.41. The minimum atomic E-state index is 0.00546. The molecule has 3 nitrogen and oxygen atoms in total. The van der Waals surface area contributed by atoms with E-state index in [2.05, 4.69) is 17.2 Å². The summed E-state index contributed by atoms with van der Waals surface area (Å²) >= 11 is 1.56. The third-order valence-electron chi connectivity index (χ3n) is 2.35. The van der Waals surface area contributed by atoms with Crippen LogP contribution in [-0.4, -0.2) is 10.9 Å². The maximum atomic E-state index is 11.8. The first kappa shape index (κ1) is 11.0. The lowest BCUT2D eigenvalue weighted by molar-refractivity contribution is 0.0955. The number of hydrogen-bond donors (Lipinski definition) is 2. The number of hydrogen-bond acceptors (Lipinski definition) is 2. The quantitative estimate of drug-likeness (QED) is 0.839. The van der Waals surface area contributed by atoms with Crippen LogP contribution < -0.4 is 5.32 Å². The van der Waals surface area contributed by atoms with Gasteiger partial charge in [-0.1, -0.05) is 6.92 Å². The van der Waals surface area contributed by atoms with E-state index in [4.69, 9.17) is 0 Å². The van der Waals surface area contributed by atoms with Gasteiger partial charge in [0.05, 0.1) is 4.88 Å². The molecule has 0 saturated carbocycles. The molecule has 4 heteroatoms. The maximum absolute atomic E-state index is 11.8. The second kappa shape index (κ2) is 4.99. The fourth-order valence-electron chi connectivity index (χ4n) is 1.43. The van der Waals surface area contributed by atoms with Crippen LogP contribution in [0.2, 0.25) is 0 Å². The van der Waals surface area contributed by atoms with Gasteiger partial charge in [-0.05, 0) is 30.2 Å². The van der Waals surface area contributed by atoms with E-state index in [0.29, 0.717) is 6.54 Å². The maximum Gasteiger partial charge on any atom is 0.261 e. The van der Waals surface area contributed by atoms with Gasteiger partial charge >= 0.3 is 0 Å². The molecule has 2 N–H and O–H groups in total. The number of aryl methyl sites for hydroxylation is 1. The standard InChI is InChI=1S/C12H14N2OS/c1-2-10-3-4-11(16-10)12(15)14-8-9-5-6-13-7-9/h3-7,13H,2,8H2,1H3,(H,14,15). The molecule has 2 aromatic heterocycles. The average Bonchev–Trinajstić information content (AvgIpc) is 2.96. The number of nitrogens with one attached hydrogen (secondary N) is 2. The summed E-state index contributed by atoms with van der Waals surface area (Å²) in [5, 5.41) is 2.89. The first-order valence-electron chi connectivity index (χ1n) is 5.28. The van der Waals surface area contributed by atoms with E-state index < -0.39 is 0 Å². The number of rotatable bonds is 4. The molecule has 84 valence electrons. The van der Waals surface area contributed by atoms with E-state index in [0.717, 1.165) is 16.9 Å². The average molecular weight is 234 g/mol. The van der Waals surface area contributed by atoms with E-state index >= 15 is 0 Å². The first-order valence-corrected chi connectivity index (χ1v) is 6.10. The van der Waals surface area contributed by atoms with Gasteiger partial charge in [0.1, 0.15) is 0 Å². The van der Waals surface area contributed by atoms with Crippen LogP contribution in [0.3, 0.4) is 0 Å². The van der Waals surface area contributed by atoms with Gasteiger partial charge in [0.15, 0.2) is 0 Å². The summed E-state index contributed by atoms with van der Waals surface area (Å²) in [7, 11) is 0. The molecule has 0 bridgehead atoms. The van der Waals surface area contributed by atoms with Crippen molar-refractivity contribution in [2.75, 3.05) is 0 Å². The summed E-state index contributed by atoms with van der Waals surface area (Å²) in [6.45, 7) is 2.66. The molecule has 1 amide bonds. The minimum absolute atomic E-state index is 0.00546. The van der Waals surface area contributed by atoms with Crippen LogP contribution in [0.1, 0.15) is 27.0 Å². The highest BCUT2D eigenvalue weighted by molar-refractivity contribution is 7.14. The van der Waals surface area contributed by atoms with Crippen LogP contribution in [0.5, 0.6) is 0 Å². The highest BCUT2D eigenvalue weighted by Gasteiger charge is 2.07. The molecule has 2 aromatic rings. The number of thiophene rings is 1. The Bertz CT molecular complexity index is 459. The van der Waals surface area contributed by atoms with Gasteiger partial charge in [-0.3, -0.25) is 4.79 Å². The normalized spacial score (nSPS) is 10.3. The number of aromatic nitrogens is 1. The zero-order valence-electron chi connectivity index (χ0n) is 9.12. The summed E-state index contributed by atoms with van der Waals surface area (Å²) in [4.78, 5) is 16.7. The van der Waals surface area contributed by atoms with Crippen LogP contribution in [0.15, 0.2) is 30.6 Å². The van der Waals surface area contributed by atoms with Crippen molar-refractivity contribution in [1.82, 2.24) is 10.3 Å². The van der Waals surface area contributed by atoms with Crippen LogP contribution in [-0.2, 0) is 13.0 Å². The topological polar surface area (TPSA) is 44.9 Å². The predicted octanol–water partition coefficient (Wildman–Crippen LogP) is 2.57. The summed E-state index contributed by atoms with van der Waals surface area (Å²) in [6.07, 6.45) is 4.71. The molecule has 0 aliphatic carbocycles. The van der Waals surface area contributed by atoms with Gasteiger partial charge in [0, 0.05) is 23.8 Å². The van der Waals surface area contributed by atoms with E-state index in [1.165, 1.54) is 4.88 Å². The van der Waals surface area contributed by atoms with Crippen molar-refractivity contribution in [2.45, 2.75) is 19.9 Å². The van der Waals surface area contributed by atoms with E-state index in [1.807, 2.05) is 30.6 Å². The Morgan fingerprint density at radius 1 is 1.44 bits per heavy atom. The molecule has 2 rings (SSSR count). The highest BCUT2D eigenvalue weighted by Crippen LogP contribution is 2.16. The van der Waals surface area contributed by atoms with Crippen molar-refractivity contribution in [3.05, 3.63) is 45.9 Å². The van der Waals surface area contributed by atoms with Gasteiger partial charge in [-0.25, -0.2) is 0 Å². The molecule has 2 heterocycles. The summed E-state index contributed by atoms with van der Waals surface area (Å²) in [5.74, 6) is 0.00546. The SMILES string of the molecule is CCc1ccc(C(=O)NCc2cc[nH]c2)s1. The van der Waals surface area contributed by atoms with Crippen molar-refractivity contribution < 1.29 is 4.79 Å². The molecule has 0 aliphatic rings. The van der Waals surface area contributed by atoms with E-state index in [1.54, 1.807) is 11.3 Å². The van der Waals surface area contributed by atoms with Crippen LogP contribution in [0.4, 0.5) is 0 Å². The second-order valence-corrected chi connectivity index (χ2v) is 4.69. The Hall–Kier alpha value is -1.55. The van der Waals surface area contributed by atoms with Crippen LogP contribution in [0.25, 0.3) is 0 Å². The number of aromatic amines is 1. The molecule has 0 spiro atoms. The summed E-state index contributed by atoms with van der Waals surface area (Å²) in [5.41, 5.74) is 1.08. The minimum Gasteiger partial charge on any atom is -0.367 e. The molecule has 0 fully saturated rings. The van der Waals surface area contributed by atoms with Crippen molar-refractivity contribution in [3.63, 3.8) is 0 Å². The van der Waals surface area contributed by atoms with Crippen molar-refractivity contribution in [3.8, 4) is 0 Å². The van der Waals surface area contributed by atoms with Crippen LogP contribution in [0, 0.1) is 0 Å². The van der Waals surface area contributed by atoms with Gasteiger partial charge in [0.2, 0.25) is 0 Å². The smallest absolute Gasteiger partial charge is 0.261 e. The van der Waals surface area contributed by atoms with Gasteiger partial charge in [-0.15, -0.1) is 11.3 Å². The summed E-state index contributed by atoms with van der Waals surface area (Å²) in [6, 6.07) is 5.85. The zero-order valence-corrected chi connectivity index (χ0v) is 9.93. The molecular formula is C12H14N2OS. The second-order valence-electron chi connectivity index (χ2n) is 3.52. The third-order valence-corrected chi connectivity index (χ3v) is 3.58. The fourth-order valence-corrected chi connectivity index (χ4v) is 2.29. The third kappa shape index (κ3) is 2.52. The lowest BCUT2D eigenvalue weighted by Crippen LogP contribution is -2.21. The van der Waals surface area contributed by atoms with Crippen molar-refractivity contribution >= 4 is 17.2 Å². The van der Waals surface area contributed by atoms with E-state index in [-0.39, 0.29) is 5.91 Å². The largest absolute Gasteiger partial charge is 0.367 e. The highest BCUT2D eigenvalue weighted by atomic mass is 32.1. The molecular weight excluding hydrogens is 220 g/mol. The molecule has 0 aromatic carbocycles. The van der Waals surface area contributed by atoms with Gasteiger partial charge in [-0.2, -0.15) is 0 Å². The Morgan fingerprint density at radius 3 is 2.94 bits per heavy atom. The molecule has 16 heavy (non-hydrogen) atoms. The Morgan fingerprint density at radius 2 is 2.31 bits per heavy atom. The number of carbonyl (C=O) groups excluding carboxylic acids is 1. The lowest BCUT2D eigenvalue weighted by atomic mass is 10.3. The molecule has 0 atom stereocenters. The number of amides is 1. The number of H-pyrrole nitrogens is 1. The van der Waals surface area contributed by atoms with E-state index in [9.17, 15) is 4.79 Å². The predicted molar refractivity (Wildman–Crippen MR) is 65.7 cm³/mol. The number of carbonyl (C=O) groups is 1. The molecule has 0 aliphatic heterocycles. The zero-order chi connectivity index (χ0) is 11.4. The van der Waals surface area contributed by atoms with Gasteiger partial charge < -0.3 is 10.3 Å². The van der Waals surface area contributed by atoms with Gasteiger partial charge in [0.25, 0.3) is 5.91 Å². The Balaban J connectivity index is 1.93.